The smallest absolute Gasteiger partial charge is 0.151 e. The van der Waals surface area contributed by atoms with E-state index >= 15 is 0 Å². The van der Waals surface area contributed by atoms with Crippen LogP contribution in [0.3, 0.4) is 0 Å². The van der Waals surface area contributed by atoms with Crippen molar-refractivity contribution in [1.82, 2.24) is 4.98 Å². The lowest BCUT2D eigenvalue weighted by Crippen LogP contribution is -2.01. The average molecular weight is 221 g/mol. The van der Waals surface area contributed by atoms with Gasteiger partial charge in [0, 0.05) is 12.3 Å². The van der Waals surface area contributed by atoms with Crippen molar-refractivity contribution in [1.29, 1.82) is 0 Å². The lowest BCUT2D eigenvalue weighted by Gasteiger charge is -2.09. The van der Waals surface area contributed by atoms with E-state index in [2.05, 4.69) is 10.3 Å². The van der Waals surface area contributed by atoms with Crippen LogP contribution < -0.4 is 11.1 Å². The third-order valence-corrected chi connectivity index (χ3v) is 2.02. The van der Waals surface area contributed by atoms with E-state index in [0.29, 0.717) is 5.82 Å². The summed E-state index contributed by atoms with van der Waals surface area (Å²) in [5, 5.41) is 2.74. The SMILES string of the molecule is Nc1c(F)cc(F)cc1Nc1ccccn1. The maximum Gasteiger partial charge on any atom is 0.151 e. The summed E-state index contributed by atoms with van der Waals surface area (Å²) in [5.74, 6) is -1.01. The Balaban J connectivity index is 2.35. The second kappa shape index (κ2) is 4.14. The summed E-state index contributed by atoms with van der Waals surface area (Å²) in [6.07, 6.45) is 1.56. The number of rotatable bonds is 2. The number of pyridine rings is 1. The van der Waals surface area contributed by atoms with E-state index in [1.165, 1.54) is 0 Å². The molecule has 0 bridgehead atoms. The summed E-state index contributed by atoms with van der Waals surface area (Å²) in [4.78, 5) is 3.96. The van der Waals surface area contributed by atoms with E-state index in [0.717, 1.165) is 12.1 Å². The number of benzene rings is 1. The Kier molecular flexibility index (Phi) is 2.68. The van der Waals surface area contributed by atoms with Gasteiger partial charge in [-0.1, -0.05) is 6.07 Å². The van der Waals surface area contributed by atoms with Crippen LogP contribution in [0, 0.1) is 11.6 Å². The third-order valence-electron chi connectivity index (χ3n) is 2.02. The zero-order chi connectivity index (χ0) is 11.5. The van der Waals surface area contributed by atoms with E-state index in [1.807, 2.05) is 0 Å². The van der Waals surface area contributed by atoms with Crippen LogP contribution in [0.1, 0.15) is 0 Å². The van der Waals surface area contributed by atoms with Crippen molar-refractivity contribution in [2.45, 2.75) is 0 Å². The summed E-state index contributed by atoms with van der Waals surface area (Å²) in [5.41, 5.74) is 5.50. The normalized spacial score (nSPS) is 10.1. The van der Waals surface area contributed by atoms with Gasteiger partial charge in [0.15, 0.2) is 5.82 Å². The largest absolute Gasteiger partial charge is 0.395 e. The molecule has 0 aliphatic rings. The van der Waals surface area contributed by atoms with E-state index in [1.54, 1.807) is 24.4 Å². The van der Waals surface area contributed by atoms with Crippen LogP contribution in [0.25, 0.3) is 0 Å². The topological polar surface area (TPSA) is 50.9 Å². The molecule has 0 fully saturated rings. The van der Waals surface area contributed by atoms with Crippen molar-refractivity contribution in [2.24, 2.45) is 0 Å². The molecule has 3 nitrogen and oxygen atoms in total. The first-order valence-electron chi connectivity index (χ1n) is 4.59. The minimum absolute atomic E-state index is 0.132. The number of halogens is 2. The number of nitrogen functional groups attached to an aromatic ring is 1. The molecule has 0 atom stereocenters. The first kappa shape index (κ1) is 10.4. The predicted molar refractivity (Wildman–Crippen MR) is 58.3 cm³/mol. The second-order valence-corrected chi connectivity index (χ2v) is 3.19. The van der Waals surface area contributed by atoms with Crippen molar-refractivity contribution in [3.63, 3.8) is 0 Å². The summed E-state index contributed by atoms with van der Waals surface area (Å²) < 4.78 is 26.1. The molecule has 1 aromatic carbocycles. The predicted octanol–water partition coefficient (Wildman–Crippen LogP) is 2.69. The molecule has 5 heteroatoms. The Bertz CT molecular complexity index is 500. The van der Waals surface area contributed by atoms with E-state index in [4.69, 9.17) is 5.73 Å². The van der Waals surface area contributed by atoms with Gasteiger partial charge < -0.3 is 11.1 Å². The lowest BCUT2D eigenvalue weighted by atomic mass is 10.2. The maximum atomic E-state index is 13.1. The number of hydrogen-bond donors (Lipinski definition) is 2. The van der Waals surface area contributed by atoms with Gasteiger partial charge in [-0.2, -0.15) is 0 Å². The van der Waals surface area contributed by atoms with Gasteiger partial charge in [0.25, 0.3) is 0 Å². The fourth-order valence-corrected chi connectivity index (χ4v) is 1.26. The molecule has 2 aromatic rings. The highest BCUT2D eigenvalue weighted by Gasteiger charge is 2.08. The van der Waals surface area contributed by atoms with E-state index < -0.39 is 11.6 Å². The monoisotopic (exact) mass is 221 g/mol. The fourth-order valence-electron chi connectivity index (χ4n) is 1.26. The Morgan fingerprint density at radius 3 is 2.69 bits per heavy atom. The van der Waals surface area contributed by atoms with Gasteiger partial charge in [-0.3, -0.25) is 0 Å². The Labute approximate surface area is 90.9 Å². The van der Waals surface area contributed by atoms with Crippen LogP contribution in [-0.4, -0.2) is 4.98 Å². The number of aromatic nitrogens is 1. The molecule has 0 aliphatic carbocycles. The molecule has 0 amide bonds. The first-order valence-corrected chi connectivity index (χ1v) is 4.59. The summed E-state index contributed by atoms with van der Waals surface area (Å²) in [7, 11) is 0. The van der Waals surface area contributed by atoms with Crippen LogP contribution in [0.5, 0.6) is 0 Å². The number of anilines is 3. The average Bonchev–Trinajstić information content (AvgIpc) is 2.27. The fraction of sp³-hybridized carbons (Fsp3) is 0. The molecule has 0 saturated carbocycles. The first-order chi connectivity index (χ1) is 7.66. The zero-order valence-electron chi connectivity index (χ0n) is 8.24. The van der Waals surface area contributed by atoms with Crippen molar-refractivity contribution in [2.75, 3.05) is 11.1 Å². The highest BCUT2D eigenvalue weighted by atomic mass is 19.1. The zero-order valence-corrected chi connectivity index (χ0v) is 8.24. The molecule has 3 N–H and O–H groups in total. The Morgan fingerprint density at radius 1 is 1.19 bits per heavy atom. The van der Waals surface area contributed by atoms with Crippen LogP contribution >= 0.6 is 0 Å². The lowest BCUT2D eigenvalue weighted by molar-refractivity contribution is 0.587. The molecule has 0 unspecified atom stereocenters. The van der Waals surface area contributed by atoms with Gasteiger partial charge in [0.1, 0.15) is 11.6 Å². The van der Waals surface area contributed by atoms with Crippen molar-refractivity contribution in [3.8, 4) is 0 Å². The van der Waals surface area contributed by atoms with Crippen molar-refractivity contribution >= 4 is 17.2 Å². The van der Waals surface area contributed by atoms with Gasteiger partial charge in [0.05, 0.1) is 11.4 Å². The van der Waals surface area contributed by atoms with Gasteiger partial charge in [-0.05, 0) is 18.2 Å². The standard InChI is InChI=1S/C11H9F2N3/c12-7-5-8(13)11(14)9(6-7)16-10-3-1-2-4-15-10/h1-6H,14H2,(H,15,16). The summed E-state index contributed by atoms with van der Waals surface area (Å²) >= 11 is 0. The minimum atomic E-state index is -0.793. The van der Waals surface area contributed by atoms with E-state index in [9.17, 15) is 8.78 Å². The number of nitrogens with one attached hydrogen (secondary N) is 1. The number of hydrogen-bond acceptors (Lipinski definition) is 3. The number of nitrogens with two attached hydrogens (primary N) is 1. The van der Waals surface area contributed by atoms with Crippen LogP contribution in [0.4, 0.5) is 26.0 Å². The van der Waals surface area contributed by atoms with Gasteiger partial charge in [0.2, 0.25) is 0 Å². The molecule has 0 aliphatic heterocycles. The molecular weight excluding hydrogens is 212 g/mol. The maximum absolute atomic E-state index is 13.1. The second-order valence-electron chi connectivity index (χ2n) is 3.19. The molecule has 16 heavy (non-hydrogen) atoms. The molecular formula is C11H9F2N3. The molecule has 2 rings (SSSR count). The van der Waals surface area contributed by atoms with Gasteiger partial charge >= 0.3 is 0 Å². The molecule has 0 saturated heterocycles. The molecule has 0 spiro atoms. The molecule has 82 valence electrons. The highest BCUT2D eigenvalue weighted by molar-refractivity contribution is 5.71. The molecule has 1 heterocycles. The van der Waals surface area contributed by atoms with Crippen molar-refractivity contribution in [3.05, 3.63) is 48.2 Å². The molecule has 1 aromatic heterocycles. The molecule has 0 radical (unpaired) electrons. The van der Waals surface area contributed by atoms with Crippen LogP contribution in [0.15, 0.2) is 36.5 Å². The Hall–Kier alpha value is -2.17. The van der Waals surface area contributed by atoms with Crippen molar-refractivity contribution < 1.29 is 8.78 Å². The quantitative estimate of drug-likeness (QED) is 0.766. The van der Waals surface area contributed by atoms with Gasteiger partial charge in [-0.15, -0.1) is 0 Å². The van der Waals surface area contributed by atoms with Crippen LogP contribution in [0.2, 0.25) is 0 Å². The highest BCUT2D eigenvalue weighted by Crippen LogP contribution is 2.25. The summed E-state index contributed by atoms with van der Waals surface area (Å²) in [6, 6.07) is 7.01. The Morgan fingerprint density at radius 2 is 2.00 bits per heavy atom. The van der Waals surface area contributed by atoms with Crippen LogP contribution in [-0.2, 0) is 0 Å². The minimum Gasteiger partial charge on any atom is -0.395 e. The van der Waals surface area contributed by atoms with E-state index in [-0.39, 0.29) is 11.4 Å². The summed E-state index contributed by atoms with van der Waals surface area (Å²) in [6.45, 7) is 0. The van der Waals surface area contributed by atoms with Gasteiger partial charge in [-0.25, -0.2) is 13.8 Å². The number of nitrogens with zero attached hydrogens (tertiary/aromatic N) is 1. The third kappa shape index (κ3) is 2.08.